The maximum absolute atomic E-state index is 11.0. The highest BCUT2D eigenvalue weighted by Crippen LogP contribution is 2.20. The van der Waals surface area contributed by atoms with Gasteiger partial charge in [0.1, 0.15) is 0 Å². The molecule has 94 valence electrons. The van der Waals surface area contributed by atoms with Crippen molar-refractivity contribution < 1.29 is 4.79 Å². The molecule has 0 aromatic carbocycles. The SMILES string of the molecule is CCC1CN(CC(C)C(N)=O)CCC1NC. The number of carbonyl (C=O) groups excluding carboxylic acids is 1. The van der Waals surface area contributed by atoms with E-state index >= 15 is 0 Å². The molecule has 3 N–H and O–H groups in total. The predicted molar refractivity (Wildman–Crippen MR) is 66.0 cm³/mol. The van der Waals surface area contributed by atoms with Crippen molar-refractivity contribution in [2.75, 3.05) is 26.7 Å². The van der Waals surface area contributed by atoms with Crippen molar-refractivity contribution in [2.24, 2.45) is 17.6 Å². The molecule has 1 heterocycles. The molecule has 1 amide bonds. The topological polar surface area (TPSA) is 58.4 Å². The highest BCUT2D eigenvalue weighted by molar-refractivity contribution is 5.76. The molecule has 4 heteroatoms. The third kappa shape index (κ3) is 3.46. The zero-order valence-electron chi connectivity index (χ0n) is 10.7. The van der Waals surface area contributed by atoms with Crippen LogP contribution in [0.3, 0.4) is 0 Å². The lowest BCUT2D eigenvalue weighted by Gasteiger charge is -2.38. The maximum atomic E-state index is 11.0. The second-order valence-corrected chi connectivity index (χ2v) is 4.92. The van der Waals surface area contributed by atoms with Crippen molar-refractivity contribution in [2.45, 2.75) is 32.7 Å². The summed E-state index contributed by atoms with van der Waals surface area (Å²) in [7, 11) is 2.04. The van der Waals surface area contributed by atoms with Gasteiger partial charge in [-0.2, -0.15) is 0 Å². The van der Waals surface area contributed by atoms with Gasteiger partial charge in [-0.05, 0) is 25.9 Å². The minimum Gasteiger partial charge on any atom is -0.369 e. The number of rotatable bonds is 5. The summed E-state index contributed by atoms with van der Waals surface area (Å²) in [6.45, 7) is 7.10. The lowest BCUT2D eigenvalue weighted by molar-refractivity contribution is -0.122. The second kappa shape index (κ2) is 6.21. The maximum Gasteiger partial charge on any atom is 0.221 e. The fourth-order valence-electron chi connectivity index (χ4n) is 2.54. The molecule has 4 nitrogen and oxygen atoms in total. The van der Waals surface area contributed by atoms with Gasteiger partial charge in [0.2, 0.25) is 5.91 Å². The molecule has 0 saturated carbocycles. The van der Waals surface area contributed by atoms with Crippen LogP contribution in [0.5, 0.6) is 0 Å². The van der Waals surface area contributed by atoms with E-state index < -0.39 is 0 Å². The molecular weight excluding hydrogens is 202 g/mol. The number of primary amides is 1. The third-order valence-electron chi connectivity index (χ3n) is 3.73. The lowest BCUT2D eigenvalue weighted by Crippen LogP contribution is -2.49. The number of piperidine rings is 1. The Morgan fingerprint density at radius 1 is 1.62 bits per heavy atom. The number of nitrogens with two attached hydrogens (primary N) is 1. The van der Waals surface area contributed by atoms with Gasteiger partial charge in [0, 0.05) is 25.0 Å². The number of nitrogens with one attached hydrogen (secondary N) is 1. The molecular formula is C12H25N3O. The summed E-state index contributed by atoms with van der Waals surface area (Å²) in [6.07, 6.45) is 2.35. The van der Waals surface area contributed by atoms with Gasteiger partial charge in [-0.3, -0.25) is 4.79 Å². The van der Waals surface area contributed by atoms with Crippen LogP contribution in [0.15, 0.2) is 0 Å². The number of hydrogen-bond acceptors (Lipinski definition) is 3. The van der Waals surface area contributed by atoms with Crippen molar-refractivity contribution in [1.29, 1.82) is 0 Å². The van der Waals surface area contributed by atoms with Gasteiger partial charge < -0.3 is 16.0 Å². The summed E-state index contributed by atoms with van der Waals surface area (Å²) in [5, 5.41) is 3.38. The zero-order valence-corrected chi connectivity index (χ0v) is 10.7. The predicted octanol–water partition coefficient (Wildman–Crippen LogP) is 0.428. The second-order valence-electron chi connectivity index (χ2n) is 4.92. The van der Waals surface area contributed by atoms with Gasteiger partial charge in [0.25, 0.3) is 0 Å². The van der Waals surface area contributed by atoms with Gasteiger partial charge in [0.15, 0.2) is 0 Å². The monoisotopic (exact) mass is 227 g/mol. The quantitative estimate of drug-likeness (QED) is 0.716. The molecule has 0 aromatic heterocycles. The molecule has 1 aliphatic heterocycles. The van der Waals surface area contributed by atoms with Crippen molar-refractivity contribution >= 4 is 5.91 Å². The summed E-state index contributed by atoms with van der Waals surface area (Å²) < 4.78 is 0. The molecule has 0 aromatic rings. The van der Waals surface area contributed by atoms with E-state index in [0.717, 1.165) is 19.6 Å². The van der Waals surface area contributed by atoms with E-state index in [1.54, 1.807) is 0 Å². The number of likely N-dealkylation sites (tertiary alicyclic amines) is 1. The summed E-state index contributed by atoms with van der Waals surface area (Å²) in [6, 6.07) is 0.630. The Morgan fingerprint density at radius 3 is 2.81 bits per heavy atom. The Morgan fingerprint density at radius 2 is 2.31 bits per heavy atom. The first-order chi connectivity index (χ1) is 7.58. The summed E-state index contributed by atoms with van der Waals surface area (Å²) in [4.78, 5) is 13.4. The minimum atomic E-state index is -0.191. The van der Waals surface area contributed by atoms with Crippen molar-refractivity contribution in [1.82, 2.24) is 10.2 Å². The van der Waals surface area contributed by atoms with E-state index in [4.69, 9.17) is 5.73 Å². The van der Waals surface area contributed by atoms with Crippen LogP contribution in [-0.2, 0) is 4.79 Å². The molecule has 3 unspecified atom stereocenters. The fraction of sp³-hybridized carbons (Fsp3) is 0.917. The van der Waals surface area contributed by atoms with E-state index in [1.165, 1.54) is 12.8 Å². The van der Waals surface area contributed by atoms with Crippen LogP contribution in [0.2, 0.25) is 0 Å². The van der Waals surface area contributed by atoms with Crippen LogP contribution in [-0.4, -0.2) is 43.5 Å². The molecule has 0 bridgehead atoms. The highest BCUT2D eigenvalue weighted by atomic mass is 16.1. The fourth-order valence-corrected chi connectivity index (χ4v) is 2.54. The van der Waals surface area contributed by atoms with Crippen molar-refractivity contribution in [3.05, 3.63) is 0 Å². The Hall–Kier alpha value is -0.610. The molecule has 3 atom stereocenters. The first kappa shape index (κ1) is 13.5. The Bertz CT molecular complexity index is 232. The van der Waals surface area contributed by atoms with E-state index in [2.05, 4.69) is 17.1 Å². The lowest BCUT2D eigenvalue weighted by atomic mass is 9.89. The van der Waals surface area contributed by atoms with E-state index in [0.29, 0.717) is 12.0 Å². The molecule has 0 spiro atoms. The van der Waals surface area contributed by atoms with Gasteiger partial charge in [0.05, 0.1) is 0 Å². The third-order valence-corrected chi connectivity index (χ3v) is 3.73. The van der Waals surface area contributed by atoms with Crippen LogP contribution < -0.4 is 11.1 Å². The molecule has 1 rings (SSSR count). The normalized spacial score (nSPS) is 28.9. The largest absolute Gasteiger partial charge is 0.369 e. The summed E-state index contributed by atoms with van der Waals surface area (Å²) in [5.74, 6) is 0.464. The molecule has 1 fully saturated rings. The number of nitrogens with zero attached hydrogens (tertiary/aromatic N) is 1. The average molecular weight is 227 g/mol. The molecule has 0 aliphatic carbocycles. The average Bonchev–Trinajstić information content (AvgIpc) is 2.28. The molecule has 1 aliphatic rings. The Kier molecular flexibility index (Phi) is 5.22. The van der Waals surface area contributed by atoms with Gasteiger partial charge in [-0.1, -0.05) is 20.3 Å². The Balaban J connectivity index is 2.44. The Labute approximate surface area is 98.6 Å². The van der Waals surface area contributed by atoms with Crippen LogP contribution in [0.4, 0.5) is 0 Å². The van der Waals surface area contributed by atoms with Gasteiger partial charge >= 0.3 is 0 Å². The molecule has 16 heavy (non-hydrogen) atoms. The van der Waals surface area contributed by atoms with E-state index in [9.17, 15) is 4.79 Å². The van der Waals surface area contributed by atoms with Crippen LogP contribution in [0.25, 0.3) is 0 Å². The minimum absolute atomic E-state index is 0.0383. The zero-order chi connectivity index (χ0) is 12.1. The van der Waals surface area contributed by atoms with Crippen molar-refractivity contribution in [3.63, 3.8) is 0 Å². The number of amides is 1. The summed E-state index contributed by atoms with van der Waals surface area (Å²) in [5.41, 5.74) is 5.30. The van der Waals surface area contributed by atoms with Crippen molar-refractivity contribution in [3.8, 4) is 0 Å². The van der Waals surface area contributed by atoms with Crippen LogP contribution in [0.1, 0.15) is 26.7 Å². The smallest absolute Gasteiger partial charge is 0.221 e. The number of hydrogen-bond donors (Lipinski definition) is 2. The highest BCUT2D eigenvalue weighted by Gasteiger charge is 2.27. The van der Waals surface area contributed by atoms with Gasteiger partial charge in [-0.15, -0.1) is 0 Å². The first-order valence-corrected chi connectivity index (χ1v) is 6.27. The van der Waals surface area contributed by atoms with Crippen LogP contribution >= 0.6 is 0 Å². The first-order valence-electron chi connectivity index (χ1n) is 6.27. The van der Waals surface area contributed by atoms with E-state index in [1.807, 2.05) is 14.0 Å². The molecule has 1 saturated heterocycles. The van der Waals surface area contributed by atoms with Gasteiger partial charge in [-0.25, -0.2) is 0 Å². The number of carbonyl (C=O) groups is 1. The van der Waals surface area contributed by atoms with Crippen LogP contribution in [0, 0.1) is 11.8 Å². The standard InChI is InChI=1S/C12H25N3O/c1-4-10-8-15(6-5-11(10)14-3)7-9(2)12(13)16/h9-11,14H,4-8H2,1-3H3,(H2,13,16). The molecule has 0 radical (unpaired) electrons. The summed E-state index contributed by atoms with van der Waals surface area (Å²) >= 11 is 0. The van der Waals surface area contributed by atoms with E-state index in [-0.39, 0.29) is 11.8 Å².